The number of hydrogen-bond acceptors (Lipinski definition) is 0. The van der Waals surface area contributed by atoms with E-state index < -0.39 is 17.5 Å². The summed E-state index contributed by atoms with van der Waals surface area (Å²) < 4.78 is 41.3. The van der Waals surface area contributed by atoms with Crippen LogP contribution in [0.4, 0.5) is 13.2 Å². The molecule has 3 heteroatoms. The lowest BCUT2D eigenvalue weighted by Gasteiger charge is -2.45. The molecular formula is C30H37F3. The summed E-state index contributed by atoms with van der Waals surface area (Å²) in [5.41, 5.74) is 1.15. The average Bonchev–Trinajstić information content (AvgIpc) is 2.85. The molecule has 0 radical (unpaired) electrons. The molecule has 3 aliphatic carbocycles. The van der Waals surface area contributed by atoms with Crippen molar-refractivity contribution in [2.75, 3.05) is 0 Å². The number of hydrogen-bond donors (Lipinski definition) is 0. The van der Waals surface area contributed by atoms with Gasteiger partial charge in [0.2, 0.25) is 0 Å². The number of halogens is 3. The lowest BCUT2D eigenvalue weighted by atomic mass is 9.60. The van der Waals surface area contributed by atoms with Crippen LogP contribution in [-0.2, 0) is 0 Å². The minimum absolute atomic E-state index is 0.169. The molecule has 3 fully saturated rings. The number of rotatable bonds is 5. The summed E-state index contributed by atoms with van der Waals surface area (Å²) in [6.07, 6.45) is 18.0. The first-order chi connectivity index (χ1) is 16.0. The van der Waals surface area contributed by atoms with Crippen LogP contribution in [0, 0.1) is 47.0 Å². The van der Waals surface area contributed by atoms with Gasteiger partial charge in [-0.3, -0.25) is 0 Å². The zero-order valence-corrected chi connectivity index (χ0v) is 19.7. The van der Waals surface area contributed by atoms with Crippen LogP contribution >= 0.6 is 0 Å². The number of allylic oxidation sites excluding steroid dienone is 1. The third-order valence-electron chi connectivity index (χ3n) is 9.45. The van der Waals surface area contributed by atoms with Gasteiger partial charge < -0.3 is 0 Å². The largest absolute Gasteiger partial charge is 0.204 e. The van der Waals surface area contributed by atoms with E-state index in [0.29, 0.717) is 11.3 Å². The van der Waals surface area contributed by atoms with Crippen LogP contribution in [0.1, 0.15) is 88.5 Å². The fraction of sp³-hybridized carbons (Fsp3) is 0.600. The van der Waals surface area contributed by atoms with E-state index in [-0.39, 0.29) is 5.39 Å². The van der Waals surface area contributed by atoms with Crippen molar-refractivity contribution in [1.82, 2.24) is 0 Å². The van der Waals surface area contributed by atoms with Crippen molar-refractivity contribution in [3.63, 3.8) is 0 Å². The van der Waals surface area contributed by atoms with E-state index >= 15 is 0 Å². The summed E-state index contributed by atoms with van der Waals surface area (Å²) in [7, 11) is 0. The molecule has 0 saturated heterocycles. The fourth-order valence-corrected chi connectivity index (χ4v) is 7.57. The maximum absolute atomic E-state index is 14.1. The maximum atomic E-state index is 14.1. The predicted molar refractivity (Wildman–Crippen MR) is 130 cm³/mol. The second-order valence-electron chi connectivity index (χ2n) is 11.2. The fourth-order valence-electron chi connectivity index (χ4n) is 7.57. The van der Waals surface area contributed by atoms with E-state index in [1.165, 1.54) is 64.2 Å². The van der Waals surface area contributed by atoms with Gasteiger partial charge in [0.15, 0.2) is 17.5 Å². The summed E-state index contributed by atoms with van der Waals surface area (Å²) >= 11 is 0. The van der Waals surface area contributed by atoms with Crippen molar-refractivity contribution in [3.8, 4) is 0 Å². The quantitative estimate of drug-likeness (QED) is 0.312. The van der Waals surface area contributed by atoms with Crippen molar-refractivity contribution >= 4 is 10.8 Å². The standard InChI is InChI=1S/C30H37F3/c1-2-3-4-19-5-6-25-16-23(12-11-22(25)15-19)20-7-9-21(10-8-20)24-13-14-27-26(17-24)18-28(31)30(33)29(27)32/h2,13-14,17-23,25H,1,3-12,15-16H2. The third-order valence-corrected chi connectivity index (χ3v) is 9.45. The van der Waals surface area contributed by atoms with E-state index in [1.807, 2.05) is 12.1 Å². The third kappa shape index (κ3) is 4.75. The maximum Gasteiger partial charge on any atom is 0.195 e. The Morgan fingerprint density at radius 2 is 1.42 bits per heavy atom. The van der Waals surface area contributed by atoms with Crippen LogP contribution in [0.5, 0.6) is 0 Å². The highest BCUT2D eigenvalue weighted by atomic mass is 19.2. The Morgan fingerprint density at radius 1 is 0.758 bits per heavy atom. The number of fused-ring (bicyclic) bond motifs is 2. The molecule has 0 heterocycles. The van der Waals surface area contributed by atoms with Crippen molar-refractivity contribution < 1.29 is 13.2 Å². The van der Waals surface area contributed by atoms with E-state index in [0.717, 1.165) is 54.1 Å². The van der Waals surface area contributed by atoms with E-state index in [4.69, 9.17) is 0 Å². The molecule has 33 heavy (non-hydrogen) atoms. The van der Waals surface area contributed by atoms with Gasteiger partial charge in [-0.25, -0.2) is 13.2 Å². The van der Waals surface area contributed by atoms with E-state index in [2.05, 4.69) is 12.7 Å². The van der Waals surface area contributed by atoms with Gasteiger partial charge in [0, 0.05) is 5.39 Å². The Balaban J connectivity index is 1.17. The van der Waals surface area contributed by atoms with Crippen LogP contribution in [0.25, 0.3) is 10.8 Å². The molecule has 0 amide bonds. The second-order valence-corrected chi connectivity index (χ2v) is 11.2. The summed E-state index contributed by atoms with van der Waals surface area (Å²) in [4.78, 5) is 0. The Labute approximate surface area is 196 Å². The summed E-state index contributed by atoms with van der Waals surface area (Å²) in [5, 5.41) is 0.635. The van der Waals surface area contributed by atoms with Gasteiger partial charge in [0.25, 0.3) is 0 Å². The molecule has 3 saturated carbocycles. The van der Waals surface area contributed by atoms with Gasteiger partial charge >= 0.3 is 0 Å². The highest BCUT2D eigenvalue weighted by Gasteiger charge is 2.38. The highest BCUT2D eigenvalue weighted by Crippen LogP contribution is 2.50. The Hall–Kier alpha value is -1.77. The summed E-state index contributed by atoms with van der Waals surface area (Å²) in [6, 6.07) is 6.56. The van der Waals surface area contributed by atoms with E-state index in [1.54, 1.807) is 6.07 Å². The first-order valence-electron chi connectivity index (χ1n) is 13.2. The van der Waals surface area contributed by atoms with Crippen molar-refractivity contribution in [1.29, 1.82) is 0 Å². The summed E-state index contributed by atoms with van der Waals surface area (Å²) in [6.45, 7) is 3.89. The van der Waals surface area contributed by atoms with E-state index in [9.17, 15) is 13.2 Å². The lowest BCUT2D eigenvalue weighted by molar-refractivity contribution is 0.0621. The smallest absolute Gasteiger partial charge is 0.195 e. The van der Waals surface area contributed by atoms with Crippen molar-refractivity contribution in [3.05, 3.63) is 59.9 Å². The molecular weight excluding hydrogens is 417 g/mol. The molecule has 0 aromatic heterocycles. The van der Waals surface area contributed by atoms with Crippen LogP contribution in [0.2, 0.25) is 0 Å². The second kappa shape index (κ2) is 9.84. The first-order valence-corrected chi connectivity index (χ1v) is 13.2. The van der Waals surface area contributed by atoms with Gasteiger partial charge in [-0.05, 0) is 123 Å². The van der Waals surface area contributed by atoms with Gasteiger partial charge in [-0.2, -0.15) is 0 Å². The highest BCUT2D eigenvalue weighted by molar-refractivity contribution is 5.84. The van der Waals surface area contributed by atoms with Gasteiger partial charge in [-0.15, -0.1) is 6.58 Å². The summed E-state index contributed by atoms with van der Waals surface area (Å²) in [5.74, 6) is 1.45. The van der Waals surface area contributed by atoms with Crippen LogP contribution in [-0.4, -0.2) is 0 Å². The Morgan fingerprint density at radius 3 is 2.18 bits per heavy atom. The normalized spacial score (nSPS) is 32.5. The molecule has 4 unspecified atom stereocenters. The SMILES string of the molecule is C=CCCC1CCC2CC(C3CCC(c4ccc5c(F)c(F)c(F)cc5c4)CC3)CCC2C1. The van der Waals surface area contributed by atoms with Crippen LogP contribution < -0.4 is 0 Å². The monoisotopic (exact) mass is 454 g/mol. The average molecular weight is 455 g/mol. The zero-order chi connectivity index (χ0) is 22.9. The van der Waals surface area contributed by atoms with Gasteiger partial charge in [-0.1, -0.05) is 30.7 Å². The van der Waals surface area contributed by atoms with Gasteiger partial charge in [0.05, 0.1) is 0 Å². The molecule has 178 valence electrons. The molecule has 3 aliphatic rings. The molecule has 0 aliphatic heterocycles. The van der Waals surface area contributed by atoms with Crippen molar-refractivity contribution in [2.45, 2.75) is 83.0 Å². The molecule has 0 N–H and O–H groups in total. The topological polar surface area (TPSA) is 0 Å². The number of benzene rings is 2. The molecule has 2 aromatic carbocycles. The molecule has 2 aromatic rings. The molecule has 0 bridgehead atoms. The van der Waals surface area contributed by atoms with Crippen LogP contribution in [0.15, 0.2) is 36.9 Å². The Bertz CT molecular complexity index is 988. The lowest BCUT2D eigenvalue weighted by Crippen LogP contribution is -2.34. The molecule has 0 spiro atoms. The first kappa shape index (κ1) is 23.0. The molecule has 5 rings (SSSR count). The molecule has 0 nitrogen and oxygen atoms in total. The minimum atomic E-state index is -1.38. The van der Waals surface area contributed by atoms with Crippen molar-refractivity contribution in [2.24, 2.45) is 29.6 Å². The zero-order valence-electron chi connectivity index (χ0n) is 19.7. The minimum Gasteiger partial charge on any atom is -0.204 e. The molecule has 4 atom stereocenters. The van der Waals surface area contributed by atoms with Crippen LogP contribution in [0.3, 0.4) is 0 Å². The Kier molecular flexibility index (Phi) is 6.86. The van der Waals surface area contributed by atoms with Gasteiger partial charge in [0.1, 0.15) is 0 Å². The predicted octanol–water partition coefficient (Wildman–Crippen LogP) is 9.33.